The second-order valence-electron chi connectivity index (χ2n) is 12.1. The number of nitro groups is 1. The monoisotopic (exact) mass is 521 g/mol. The molecule has 36 heavy (non-hydrogen) atoms. The maximum absolute atomic E-state index is 13.4. The predicted octanol–water partition coefficient (Wildman–Crippen LogP) is 3.72. The van der Waals surface area contributed by atoms with Gasteiger partial charge in [0.05, 0.1) is 23.3 Å². The number of benzene rings is 1. The summed E-state index contributed by atoms with van der Waals surface area (Å²) in [5.41, 5.74) is -2.52. The first-order valence-electron chi connectivity index (χ1n) is 11.9. The Bertz CT molecular complexity index is 1030. The molecule has 1 fully saturated rings. The van der Waals surface area contributed by atoms with Crippen molar-refractivity contribution in [1.82, 2.24) is 4.90 Å². The summed E-state index contributed by atoms with van der Waals surface area (Å²) in [5, 5.41) is 23.6. The molecule has 200 valence electrons. The molecule has 3 atom stereocenters. The Labute approximate surface area is 213 Å². The van der Waals surface area contributed by atoms with Gasteiger partial charge < -0.3 is 19.1 Å². The molecule has 0 aromatic heterocycles. The van der Waals surface area contributed by atoms with Crippen LogP contribution in [0.1, 0.15) is 66.4 Å². The minimum absolute atomic E-state index is 0.0312. The predicted molar refractivity (Wildman–Crippen MR) is 133 cm³/mol. The molecule has 10 nitrogen and oxygen atoms in total. The van der Waals surface area contributed by atoms with E-state index in [4.69, 9.17) is 9.16 Å². The molecule has 0 N–H and O–H groups in total. The standard InChI is InChI=1S/C25H38N2O8Si/c1-23(2,3)34-22(31)27-20(28)18(14-25(27,7)21(29)30)19(15-26(32)33)16-10-12-17(13-11-16)35-36(8,9)24(4,5)6/h10-13,18-19H,14-15H2,1-9H3,(H,29,30)/p-1/t18?,19?,25-/m0/s1. The van der Waals surface area contributed by atoms with Gasteiger partial charge in [0.15, 0.2) is 0 Å². The molecule has 0 bridgehead atoms. The molecule has 2 rings (SSSR count). The Hall–Kier alpha value is -2.95. The highest BCUT2D eigenvalue weighted by Crippen LogP contribution is 2.43. The summed E-state index contributed by atoms with van der Waals surface area (Å²) < 4.78 is 11.5. The van der Waals surface area contributed by atoms with Gasteiger partial charge in [0.2, 0.25) is 20.8 Å². The summed E-state index contributed by atoms with van der Waals surface area (Å²) in [5.74, 6) is -3.98. The lowest BCUT2D eigenvalue weighted by Gasteiger charge is -2.36. The number of carbonyl (C=O) groups excluding carboxylic acids is 3. The lowest BCUT2D eigenvalue weighted by atomic mass is 9.81. The smallest absolute Gasteiger partial charge is 0.417 e. The zero-order valence-corrected chi connectivity index (χ0v) is 23.5. The van der Waals surface area contributed by atoms with Gasteiger partial charge in [0, 0.05) is 4.92 Å². The average Bonchev–Trinajstić information content (AvgIpc) is 2.96. The fourth-order valence-corrected chi connectivity index (χ4v) is 4.99. The quantitative estimate of drug-likeness (QED) is 0.300. The first-order chi connectivity index (χ1) is 16.2. The molecule has 2 unspecified atom stereocenters. The van der Waals surface area contributed by atoms with Crippen LogP contribution in [0.2, 0.25) is 18.1 Å². The molecule has 1 aliphatic rings. The molecule has 1 aromatic rings. The Morgan fingerprint density at radius 1 is 1.17 bits per heavy atom. The fourth-order valence-electron chi connectivity index (χ4n) is 3.96. The highest BCUT2D eigenvalue weighted by molar-refractivity contribution is 6.74. The molecule has 0 saturated carbocycles. The number of aliphatic carboxylic acids is 1. The van der Waals surface area contributed by atoms with E-state index in [9.17, 15) is 29.6 Å². The highest BCUT2D eigenvalue weighted by Gasteiger charge is 2.56. The number of amides is 2. The Morgan fingerprint density at radius 2 is 1.69 bits per heavy atom. The molecule has 1 aromatic carbocycles. The zero-order valence-electron chi connectivity index (χ0n) is 22.5. The fraction of sp³-hybridized carbons (Fsp3) is 0.640. The van der Waals surface area contributed by atoms with Gasteiger partial charge in [0.25, 0.3) is 0 Å². The highest BCUT2D eigenvalue weighted by atomic mass is 28.4. The van der Waals surface area contributed by atoms with Crippen molar-refractivity contribution in [3.05, 3.63) is 39.9 Å². The van der Waals surface area contributed by atoms with Crippen molar-refractivity contribution < 1.29 is 33.6 Å². The normalized spacial score (nSPS) is 21.8. The molecule has 11 heteroatoms. The third-order valence-corrected chi connectivity index (χ3v) is 11.3. The minimum atomic E-state index is -2.12. The average molecular weight is 522 g/mol. The number of nitrogens with zero attached hydrogens (tertiary/aromatic N) is 2. The summed E-state index contributed by atoms with van der Waals surface area (Å²) in [4.78, 5) is 49.8. The van der Waals surface area contributed by atoms with E-state index >= 15 is 0 Å². The second-order valence-corrected chi connectivity index (χ2v) is 16.8. The van der Waals surface area contributed by atoms with Crippen molar-refractivity contribution in [2.24, 2.45) is 5.92 Å². The van der Waals surface area contributed by atoms with Crippen molar-refractivity contribution in [2.75, 3.05) is 6.54 Å². The van der Waals surface area contributed by atoms with Crippen LogP contribution in [0.3, 0.4) is 0 Å². The van der Waals surface area contributed by atoms with Gasteiger partial charge in [-0.25, -0.2) is 9.69 Å². The van der Waals surface area contributed by atoms with Crippen LogP contribution in [0.5, 0.6) is 5.75 Å². The molecule has 0 spiro atoms. The van der Waals surface area contributed by atoms with Gasteiger partial charge in [-0.15, -0.1) is 0 Å². The summed E-state index contributed by atoms with van der Waals surface area (Å²) in [7, 11) is -2.12. The Kier molecular flexibility index (Phi) is 8.00. The van der Waals surface area contributed by atoms with E-state index in [1.165, 1.54) is 6.92 Å². The van der Waals surface area contributed by atoms with Crippen LogP contribution in [0.4, 0.5) is 4.79 Å². The van der Waals surface area contributed by atoms with Gasteiger partial charge in [-0.1, -0.05) is 32.9 Å². The number of hydrogen-bond acceptors (Lipinski definition) is 8. The molecular weight excluding hydrogens is 484 g/mol. The van der Waals surface area contributed by atoms with E-state index in [1.807, 2.05) is 0 Å². The van der Waals surface area contributed by atoms with E-state index in [1.54, 1.807) is 45.0 Å². The van der Waals surface area contributed by atoms with Crippen molar-refractivity contribution in [1.29, 1.82) is 0 Å². The Balaban J connectivity index is 2.45. The van der Waals surface area contributed by atoms with Gasteiger partial charge in [0.1, 0.15) is 11.4 Å². The third kappa shape index (κ3) is 6.24. The molecule has 1 saturated heterocycles. The van der Waals surface area contributed by atoms with Crippen molar-refractivity contribution in [3.63, 3.8) is 0 Å². The number of hydrogen-bond donors (Lipinski definition) is 0. The minimum Gasteiger partial charge on any atom is -0.548 e. The number of likely N-dealkylation sites (tertiary alicyclic amines) is 1. The number of carboxylic acid groups (broad SMARTS) is 1. The maximum atomic E-state index is 13.4. The first-order valence-corrected chi connectivity index (χ1v) is 14.8. The SMILES string of the molecule is CC(C)(C)OC(=O)N1C(=O)C(C(C[N+](=O)[O-])c2ccc(O[Si](C)(C)C(C)(C)C)cc2)C[C@@]1(C)C(=O)[O-]. The van der Waals surface area contributed by atoms with E-state index in [0.29, 0.717) is 16.2 Å². The molecule has 2 amide bonds. The summed E-state index contributed by atoms with van der Waals surface area (Å²) in [6.45, 7) is 15.9. The van der Waals surface area contributed by atoms with Gasteiger partial charge in [-0.05, 0) is 69.9 Å². The number of imide groups is 1. The topological polar surface area (TPSA) is 139 Å². The third-order valence-electron chi connectivity index (χ3n) is 6.98. The molecule has 0 aliphatic carbocycles. The van der Waals surface area contributed by atoms with Crippen LogP contribution >= 0.6 is 0 Å². The van der Waals surface area contributed by atoms with Crippen molar-refractivity contribution in [3.8, 4) is 5.75 Å². The van der Waals surface area contributed by atoms with E-state index in [2.05, 4.69) is 33.9 Å². The lowest BCUT2D eigenvalue weighted by molar-refractivity contribution is -0.484. The van der Waals surface area contributed by atoms with E-state index in [0.717, 1.165) is 0 Å². The zero-order chi connectivity index (χ0) is 27.9. The van der Waals surface area contributed by atoms with E-state index < -0.39 is 60.7 Å². The number of rotatable bonds is 7. The van der Waals surface area contributed by atoms with Crippen LogP contribution in [0.15, 0.2) is 24.3 Å². The summed E-state index contributed by atoms with van der Waals surface area (Å²) >= 11 is 0. The number of carbonyl (C=O) groups is 3. The summed E-state index contributed by atoms with van der Waals surface area (Å²) in [6, 6.07) is 6.70. The van der Waals surface area contributed by atoms with Crippen LogP contribution in [-0.4, -0.2) is 53.8 Å². The molecular formula is C25H37N2O8Si-. The number of carboxylic acids is 1. The largest absolute Gasteiger partial charge is 0.548 e. The lowest BCUT2D eigenvalue weighted by Crippen LogP contribution is -2.58. The second kappa shape index (κ2) is 9.83. The molecule has 1 heterocycles. The molecule has 0 radical (unpaired) electrons. The maximum Gasteiger partial charge on any atom is 0.417 e. The van der Waals surface area contributed by atoms with E-state index in [-0.39, 0.29) is 11.5 Å². The van der Waals surface area contributed by atoms with Crippen LogP contribution in [0.25, 0.3) is 0 Å². The number of ether oxygens (including phenoxy) is 1. The first kappa shape index (κ1) is 29.3. The Morgan fingerprint density at radius 3 is 2.11 bits per heavy atom. The van der Waals surface area contributed by atoms with Gasteiger partial charge in [-0.3, -0.25) is 14.9 Å². The van der Waals surface area contributed by atoms with Crippen molar-refractivity contribution >= 4 is 26.3 Å². The van der Waals surface area contributed by atoms with Crippen LogP contribution in [-0.2, 0) is 14.3 Å². The van der Waals surface area contributed by atoms with Crippen molar-refractivity contribution in [2.45, 2.75) is 90.1 Å². The summed E-state index contributed by atoms with van der Waals surface area (Å²) in [6.07, 6.45) is -1.46. The van der Waals surface area contributed by atoms with Crippen LogP contribution in [0, 0.1) is 16.0 Å². The van der Waals surface area contributed by atoms with Gasteiger partial charge in [-0.2, -0.15) is 0 Å². The van der Waals surface area contributed by atoms with Gasteiger partial charge >= 0.3 is 6.09 Å². The van der Waals surface area contributed by atoms with Crippen LogP contribution < -0.4 is 9.53 Å². The molecule has 1 aliphatic heterocycles.